The number of para-hydroxylation sites is 2. The number of hydrogen-bond acceptors (Lipinski definition) is 2. The minimum Gasteiger partial charge on any atom is -0.310 e. The van der Waals surface area contributed by atoms with Crippen molar-refractivity contribution < 1.29 is 0 Å². The molecule has 608 valence electrons. The fourth-order valence-corrected chi connectivity index (χ4v) is 20.5. The van der Waals surface area contributed by atoms with Crippen molar-refractivity contribution in [3.63, 3.8) is 0 Å². The Hall–Kier alpha value is -15.6. The minimum absolute atomic E-state index is 0.272. The van der Waals surface area contributed by atoms with Gasteiger partial charge in [-0.15, -0.1) is 0 Å². The van der Waals surface area contributed by atoms with E-state index in [-0.39, 0.29) is 17.5 Å². The quantitative estimate of drug-likeness (QED) is 0.101. The first-order chi connectivity index (χ1) is 62.6. The van der Waals surface area contributed by atoms with E-state index in [0.29, 0.717) is 0 Å². The summed E-state index contributed by atoms with van der Waals surface area (Å²) in [6, 6.07) is 165. The molecule has 0 aliphatic carbocycles. The maximum absolute atomic E-state index is 2.74. The topological polar surface area (TPSA) is 16.3 Å². The summed E-state index contributed by atoms with van der Waals surface area (Å²) >= 11 is 0. The lowest BCUT2D eigenvalue weighted by molar-refractivity contribution is 0.590. The number of hydrogen-bond donors (Lipinski definition) is 0. The maximum Gasteiger partial charge on any atom is 0.252 e. The molecule has 21 aromatic rings. The monoisotopic (exact) mass is 1640 g/mol. The lowest BCUT2D eigenvalue weighted by Gasteiger charge is -2.46. The average molecular weight is 1640 g/mol. The Morgan fingerprint density at radius 1 is 0.203 bits per heavy atom. The number of benzene rings is 19. The van der Waals surface area contributed by atoms with Crippen LogP contribution >= 0.6 is 0 Å². The van der Waals surface area contributed by atoms with Gasteiger partial charge in [-0.1, -0.05) is 357 Å². The first kappa shape index (κ1) is 77.3. The number of rotatable bonds is 14. The number of aryl methyl sites for hydroxylation is 1. The molecule has 2 aliphatic rings. The lowest BCUT2D eigenvalue weighted by atomic mass is 9.33. The van der Waals surface area contributed by atoms with Crippen LogP contribution in [0, 0.1) is 6.92 Å². The van der Waals surface area contributed by atoms with Gasteiger partial charge in [0.25, 0.3) is 6.71 Å². The largest absolute Gasteiger partial charge is 0.310 e. The third kappa shape index (κ3) is 13.4. The van der Waals surface area contributed by atoms with Crippen LogP contribution < -0.4 is 26.2 Å². The van der Waals surface area contributed by atoms with Crippen LogP contribution in [0.5, 0.6) is 0 Å². The molecule has 0 bridgehead atoms. The lowest BCUT2D eigenvalue weighted by Crippen LogP contribution is -2.61. The molecule has 0 amide bonds. The zero-order valence-corrected chi connectivity index (χ0v) is 72.9. The van der Waals surface area contributed by atoms with Crippen LogP contribution in [0.25, 0.3) is 166 Å². The fraction of sp³-hybridized carbons (Fsp3) is 0.0732. The highest BCUT2D eigenvalue weighted by atomic mass is 15.2. The standard InChI is InChI=1S/C123H93BN4/c1-80-66-117-119-118(67-80)128(121-104(86-44-24-13-25-45-86)75-98(123(5,6)7)77-106(121)96-53-33-51-92(71-96)90-49-31-47-88(69-90)82-36-16-9-17-37-82)116-79-100(126-112-57-29-27-55-102(112)108-73-94(59-65-114(108)126)84-40-20-11-21-41-84)61-63-110(116)124(119)109-62-60-99(125-111-56-28-26-54-101(111)107-72-93(58-64-113(107)125)83-38-18-10-19-39-83)78-115(109)127(117)120-103(85-42-22-12-23-43-85)74-97(122(2,3)4)76-105(120)95-52-32-50-91(70-95)89-48-30-46-87(68-89)81-34-14-8-15-35-81/h8-79H,1-7H3. The normalized spacial score (nSPS) is 12.4. The van der Waals surface area contributed by atoms with Gasteiger partial charge in [0.05, 0.1) is 33.4 Å². The molecule has 0 spiro atoms. The summed E-state index contributed by atoms with van der Waals surface area (Å²) in [4.78, 5) is 5.48. The minimum atomic E-state index is -0.310. The molecule has 4 heterocycles. The molecule has 5 heteroatoms. The Kier molecular flexibility index (Phi) is 18.7. The molecule has 19 aromatic carbocycles. The van der Waals surface area contributed by atoms with Gasteiger partial charge in [0.15, 0.2) is 0 Å². The Balaban J connectivity index is 0.849. The molecule has 0 saturated carbocycles. The summed E-state index contributed by atoms with van der Waals surface area (Å²) < 4.78 is 5.06. The predicted octanol–water partition coefficient (Wildman–Crippen LogP) is 31.5. The smallest absolute Gasteiger partial charge is 0.252 e. The molecule has 0 atom stereocenters. The molecular formula is C123H93BN4. The first-order valence-corrected chi connectivity index (χ1v) is 44.9. The SMILES string of the molecule is Cc1cc2c3c(c1)N(c1c(-c4ccccc4)cc(C(C)(C)C)cc1-c1cccc(-c4cccc(-c5ccccc5)c4)c1)c1cc(-n4c5ccccc5c5cc(-c6ccccc6)ccc54)ccc1B3c1ccc(-n3c4ccccc4c4cc(-c5ccccc5)ccc43)cc1N2c1c(-c2ccccc2)cc(C(C)(C)C)cc1-c1cccc(-c2cccc(-c3ccccc3)c2)c1. The molecule has 4 nitrogen and oxygen atoms in total. The zero-order valence-electron chi connectivity index (χ0n) is 72.9. The molecule has 0 N–H and O–H groups in total. The second-order valence-electron chi connectivity index (χ2n) is 36.8. The van der Waals surface area contributed by atoms with Crippen LogP contribution in [0.4, 0.5) is 34.1 Å². The predicted molar refractivity (Wildman–Crippen MR) is 546 cm³/mol. The van der Waals surface area contributed by atoms with Crippen molar-refractivity contribution in [1.82, 2.24) is 9.13 Å². The highest BCUT2D eigenvalue weighted by Gasteiger charge is 2.46. The van der Waals surface area contributed by atoms with Gasteiger partial charge in [0, 0.05) is 77.9 Å². The second kappa shape index (κ2) is 31.0. The number of aromatic nitrogens is 2. The first-order valence-electron chi connectivity index (χ1n) is 44.9. The summed E-state index contributed by atoms with van der Waals surface area (Å²) in [6.45, 7) is 16.3. The number of nitrogens with zero attached hydrogens (tertiary/aromatic N) is 4. The molecule has 23 rings (SSSR count). The van der Waals surface area contributed by atoms with Crippen LogP contribution in [-0.2, 0) is 10.8 Å². The van der Waals surface area contributed by atoms with Gasteiger partial charge in [-0.25, -0.2) is 0 Å². The van der Waals surface area contributed by atoms with Crippen molar-refractivity contribution in [3.05, 3.63) is 453 Å². The van der Waals surface area contributed by atoms with Gasteiger partial charge in [0.1, 0.15) is 0 Å². The number of anilines is 6. The van der Waals surface area contributed by atoms with Gasteiger partial charge in [0.2, 0.25) is 0 Å². The third-order valence-corrected chi connectivity index (χ3v) is 26.8. The zero-order chi connectivity index (χ0) is 86.0. The van der Waals surface area contributed by atoms with Crippen molar-refractivity contribution in [1.29, 1.82) is 0 Å². The van der Waals surface area contributed by atoms with E-state index in [1.165, 1.54) is 93.6 Å². The van der Waals surface area contributed by atoms with E-state index in [1.807, 2.05) is 0 Å². The van der Waals surface area contributed by atoms with Crippen molar-refractivity contribution >= 4 is 101 Å². The summed E-state index contributed by atoms with van der Waals surface area (Å²) in [5, 5.41) is 4.81. The summed E-state index contributed by atoms with van der Waals surface area (Å²) in [6.07, 6.45) is 0. The van der Waals surface area contributed by atoms with E-state index in [0.717, 1.165) is 140 Å². The highest BCUT2D eigenvalue weighted by molar-refractivity contribution is 7.00. The van der Waals surface area contributed by atoms with Gasteiger partial charge >= 0.3 is 0 Å². The molecule has 0 radical (unpaired) electrons. The number of fused-ring (bicyclic) bond motifs is 10. The Morgan fingerprint density at radius 3 is 0.820 bits per heavy atom. The second-order valence-corrected chi connectivity index (χ2v) is 36.8. The van der Waals surface area contributed by atoms with Crippen LogP contribution in [0.15, 0.2) is 437 Å². The molecule has 0 saturated heterocycles. The Bertz CT molecular complexity index is 7480. The van der Waals surface area contributed by atoms with Crippen molar-refractivity contribution in [3.8, 4) is 123 Å². The van der Waals surface area contributed by atoms with Gasteiger partial charge in [-0.05, 0) is 261 Å². The summed E-state index contributed by atoms with van der Waals surface area (Å²) in [5.41, 5.74) is 43.1. The molecular weight excluding hydrogens is 1540 g/mol. The summed E-state index contributed by atoms with van der Waals surface area (Å²) in [5.74, 6) is 0. The fourth-order valence-electron chi connectivity index (χ4n) is 20.5. The van der Waals surface area contributed by atoms with E-state index in [4.69, 9.17) is 0 Å². The average Bonchev–Trinajstić information content (AvgIpc) is 0.951. The highest BCUT2D eigenvalue weighted by Crippen LogP contribution is 2.56. The molecule has 2 aromatic heterocycles. The van der Waals surface area contributed by atoms with E-state index < -0.39 is 0 Å². The van der Waals surface area contributed by atoms with Gasteiger partial charge in [-0.3, -0.25) is 0 Å². The maximum atomic E-state index is 2.74. The summed E-state index contributed by atoms with van der Waals surface area (Å²) in [7, 11) is 0. The van der Waals surface area contributed by atoms with E-state index in [1.54, 1.807) is 0 Å². The molecule has 0 unspecified atom stereocenters. The van der Waals surface area contributed by atoms with Crippen LogP contribution in [0.3, 0.4) is 0 Å². The molecule has 2 aliphatic heterocycles. The Labute approximate surface area is 750 Å². The van der Waals surface area contributed by atoms with Gasteiger partial charge in [-0.2, -0.15) is 0 Å². The molecule has 0 fully saturated rings. The van der Waals surface area contributed by atoms with Crippen molar-refractivity contribution in [2.24, 2.45) is 0 Å². The molecule has 128 heavy (non-hydrogen) atoms. The Morgan fingerprint density at radius 2 is 0.477 bits per heavy atom. The van der Waals surface area contributed by atoms with Crippen molar-refractivity contribution in [2.75, 3.05) is 9.80 Å². The van der Waals surface area contributed by atoms with Crippen molar-refractivity contribution in [2.45, 2.75) is 59.3 Å². The van der Waals surface area contributed by atoms with E-state index >= 15 is 0 Å². The van der Waals surface area contributed by atoms with Crippen LogP contribution in [0.2, 0.25) is 0 Å². The van der Waals surface area contributed by atoms with E-state index in [9.17, 15) is 0 Å². The van der Waals surface area contributed by atoms with Crippen LogP contribution in [-0.4, -0.2) is 15.8 Å². The van der Waals surface area contributed by atoms with Crippen LogP contribution in [0.1, 0.15) is 58.2 Å². The van der Waals surface area contributed by atoms with E-state index in [2.05, 4.69) is 504 Å². The van der Waals surface area contributed by atoms with Gasteiger partial charge < -0.3 is 18.9 Å². The third-order valence-electron chi connectivity index (χ3n) is 26.8.